The maximum atomic E-state index is 13.3. The van der Waals surface area contributed by atoms with E-state index in [9.17, 15) is 22.2 Å². The van der Waals surface area contributed by atoms with Crippen molar-refractivity contribution in [3.63, 3.8) is 0 Å². The van der Waals surface area contributed by atoms with Crippen LogP contribution in [0, 0.1) is 6.92 Å². The number of halogens is 3. The summed E-state index contributed by atoms with van der Waals surface area (Å²) in [6.07, 6.45) is 0.385. The molecule has 1 atom stereocenters. The normalized spacial score (nSPS) is 18.2. The number of urea groups is 1. The Hall–Kier alpha value is -2.47. The van der Waals surface area contributed by atoms with Crippen molar-refractivity contribution in [1.82, 2.24) is 14.8 Å². The van der Waals surface area contributed by atoms with E-state index in [0.29, 0.717) is 30.5 Å². The highest BCUT2D eigenvalue weighted by Crippen LogP contribution is 2.39. The predicted molar refractivity (Wildman–Crippen MR) is 98.5 cm³/mol. The first-order valence-electron chi connectivity index (χ1n) is 9.07. The summed E-state index contributed by atoms with van der Waals surface area (Å²) in [5.41, 5.74) is -0.406. The van der Waals surface area contributed by atoms with E-state index >= 15 is 0 Å². The third kappa shape index (κ3) is 3.86. The number of hydrogen-bond acceptors (Lipinski definition) is 4. The van der Waals surface area contributed by atoms with Crippen molar-refractivity contribution in [1.29, 1.82) is 0 Å². The van der Waals surface area contributed by atoms with Crippen LogP contribution in [0.2, 0.25) is 0 Å². The summed E-state index contributed by atoms with van der Waals surface area (Å²) >= 11 is 0. The van der Waals surface area contributed by atoms with Crippen molar-refractivity contribution in [3.8, 4) is 0 Å². The van der Waals surface area contributed by atoms with E-state index in [-0.39, 0.29) is 22.3 Å². The average Bonchev–Trinajstić information content (AvgIpc) is 3.15. The number of amides is 2. The van der Waals surface area contributed by atoms with E-state index in [1.807, 2.05) is 0 Å². The Labute approximate surface area is 165 Å². The quantitative estimate of drug-likeness (QED) is 0.780. The molecule has 156 valence electrons. The second-order valence-electron chi connectivity index (χ2n) is 7.19. The van der Waals surface area contributed by atoms with Gasteiger partial charge in [0.1, 0.15) is 5.69 Å². The summed E-state index contributed by atoms with van der Waals surface area (Å²) in [5.74, 6) is 0. The van der Waals surface area contributed by atoms with Gasteiger partial charge in [-0.3, -0.25) is 4.68 Å². The second-order valence-corrected chi connectivity index (χ2v) is 8.93. The van der Waals surface area contributed by atoms with Gasteiger partial charge in [-0.25, -0.2) is 19.1 Å². The zero-order chi connectivity index (χ0) is 21.0. The number of fused-ring (bicyclic) bond motifs is 1. The lowest BCUT2D eigenvalue weighted by atomic mass is 10.1. The second kappa shape index (κ2) is 6.80. The number of anilines is 1. The van der Waals surface area contributed by atoms with Crippen LogP contribution in [0.4, 0.5) is 23.7 Å². The summed E-state index contributed by atoms with van der Waals surface area (Å²) in [4.78, 5) is 16.1. The molecule has 0 aromatic carbocycles. The molecule has 0 bridgehead atoms. The summed E-state index contributed by atoms with van der Waals surface area (Å²) in [6.45, 7) is 1.24. The fourth-order valence-electron chi connectivity index (χ4n) is 3.45. The lowest BCUT2D eigenvalue weighted by Gasteiger charge is -2.17. The summed E-state index contributed by atoms with van der Waals surface area (Å²) in [6, 6.07) is 0.569. The van der Waals surface area contributed by atoms with Crippen LogP contribution in [0.5, 0.6) is 0 Å². The molecule has 29 heavy (non-hydrogen) atoms. The molecule has 0 spiro atoms. The molecule has 2 aromatic heterocycles. The van der Waals surface area contributed by atoms with Gasteiger partial charge in [-0.15, -0.1) is 4.36 Å². The van der Waals surface area contributed by atoms with Gasteiger partial charge in [-0.05, 0) is 50.7 Å². The van der Waals surface area contributed by atoms with Gasteiger partial charge in [0.05, 0.1) is 11.7 Å². The van der Waals surface area contributed by atoms with Crippen molar-refractivity contribution < 1.29 is 22.2 Å². The molecule has 2 aromatic rings. The lowest BCUT2D eigenvalue weighted by molar-refractivity contribution is -0.141. The summed E-state index contributed by atoms with van der Waals surface area (Å²) in [7, 11) is -3.64. The Kier molecular flexibility index (Phi) is 4.65. The molecule has 2 aliphatic rings. The van der Waals surface area contributed by atoms with Crippen LogP contribution in [0.3, 0.4) is 0 Å². The third-order valence-corrected chi connectivity index (χ3v) is 6.25. The minimum absolute atomic E-state index is 0.00675. The molecule has 0 saturated heterocycles. The molecule has 0 aliphatic heterocycles. The van der Waals surface area contributed by atoms with Gasteiger partial charge in [0.25, 0.3) is 0 Å². The van der Waals surface area contributed by atoms with Gasteiger partial charge in [0.2, 0.25) is 0 Å². The van der Waals surface area contributed by atoms with Crippen LogP contribution in [-0.2, 0) is 28.9 Å². The Bertz CT molecular complexity index is 1110. The Morgan fingerprint density at radius 1 is 1.38 bits per heavy atom. The average molecular weight is 428 g/mol. The molecule has 1 saturated carbocycles. The van der Waals surface area contributed by atoms with E-state index in [1.165, 1.54) is 13.0 Å². The maximum Gasteiger partial charge on any atom is 0.433 e. The third-order valence-electron chi connectivity index (χ3n) is 4.99. The van der Waals surface area contributed by atoms with Crippen LogP contribution >= 0.6 is 0 Å². The van der Waals surface area contributed by atoms with Gasteiger partial charge in [-0.2, -0.15) is 18.3 Å². The van der Waals surface area contributed by atoms with Crippen LogP contribution in [0.1, 0.15) is 47.8 Å². The topological polar surface area (TPSA) is 115 Å². The molecule has 3 N–H and O–H groups in total. The highest BCUT2D eigenvalue weighted by Gasteiger charge is 2.38. The van der Waals surface area contributed by atoms with Gasteiger partial charge >= 0.3 is 12.2 Å². The van der Waals surface area contributed by atoms with Crippen LogP contribution in [0.25, 0.3) is 0 Å². The standard InChI is InChI=1S/C17H19F3N6O2S/c1-9-14(11-3-2-4-12(11)22-15(9)17(18,19)20)23-16(27)25-29(21,28)13-7-8-26(24-13)10-5-6-10/h7-8,10H,2-6H2,1H3,(H3,21,22,23,25,27,28). The lowest BCUT2D eigenvalue weighted by Crippen LogP contribution is -2.21. The van der Waals surface area contributed by atoms with Crippen molar-refractivity contribution in [2.24, 2.45) is 9.50 Å². The number of pyridine rings is 1. The van der Waals surface area contributed by atoms with Crippen molar-refractivity contribution in [2.45, 2.75) is 56.3 Å². The van der Waals surface area contributed by atoms with E-state index in [1.54, 1.807) is 10.9 Å². The van der Waals surface area contributed by atoms with Crippen molar-refractivity contribution in [2.75, 3.05) is 5.32 Å². The number of hydrogen-bond donors (Lipinski definition) is 2. The Balaban J connectivity index is 1.66. The van der Waals surface area contributed by atoms with Gasteiger partial charge in [0, 0.05) is 17.5 Å². The molecule has 2 heterocycles. The molecule has 8 nitrogen and oxygen atoms in total. The van der Waals surface area contributed by atoms with E-state index in [0.717, 1.165) is 12.8 Å². The first-order valence-corrected chi connectivity index (χ1v) is 10.6. The highest BCUT2D eigenvalue weighted by atomic mass is 32.2. The molecule has 4 rings (SSSR count). The van der Waals surface area contributed by atoms with E-state index < -0.39 is 27.8 Å². The summed E-state index contributed by atoms with van der Waals surface area (Å²) < 4.78 is 57.8. The number of nitrogens with one attached hydrogen (secondary N) is 1. The molecule has 1 unspecified atom stereocenters. The molecule has 1 fully saturated rings. The largest absolute Gasteiger partial charge is 0.433 e. The highest BCUT2D eigenvalue weighted by molar-refractivity contribution is 7.91. The summed E-state index contributed by atoms with van der Waals surface area (Å²) in [5, 5.41) is 12.1. The zero-order valence-electron chi connectivity index (χ0n) is 15.5. The number of aromatic nitrogens is 3. The number of carbonyl (C=O) groups is 1. The minimum atomic E-state index is -4.66. The zero-order valence-corrected chi connectivity index (χ0v) is 16.3. The SMILES string of the molecule is Cc1c(C(F)(F)F)nc2c(c1NC(=O)N=S(N)(=O)c1ccn(C3CC3)n1)CCC2. The molecule has 12 heteroatoms. The number of nitrogens with zero attached hydrogens (tertiary/aromatic N) is 4. The molecule has 2 amide bonds. The smallest absolute Gasteiger partial charge is 0.305 e. The first kappa shape index (κ1) is 19.8. The monoisotopic (exact) mass is 428 g/mol. The van der Waals surface area contributed by atoms with Crippen molar-refractivity contribution in [3.05, 3.63) is 34.8 Å². The van der Waals surface area contributed by atoms with Gasteiger partial charge in [-0.1, -0.05) is 0 Å². The Morgan fingerprint density at radius 3 is 2.76 bits per heavy atom. The molecular weight excluding hydrogens is 409 g/mol. The number of alkyl halides is 3. The number of carbonyl (C=O) groups excluding carboxylic acids is 1. The van der Waals surface area contributed by atoms with Gasteiger partial charge in [0.15, 0.2) is 14.9 Å². The minimum Gasteiger partial charge on any atom is -0.305 e. The Morgan fingerprint density at radius 2 is 2.10 bits per heavy atom. The molecular formula is C17H19F3N6O2S. The van der Waals surface area contributed by atoms with Crippen LogP contribution < -0.4 is 10.5 Å². The number of rotatable bonds is 3. The van der Waals surface area contributed by atoms with Gasteiger partial charge < -0.3 is 5.32 Å². The number of aryl methyl sites for hydroxylation is 1. The first-order chi connectivity index (χ1) is 13.6. The number of nitrogens with two attached hydrogens (primary N) is 1. The maximum absolute atomic E-state index is 13.3. The van der Waals surface area contributed by atoms with Crippen LogP contribution in [0.15, 0.2) is 21.7 Å². The fourth-order valence-corrected chi connectivity index (χ4v) is 4.30. The van der Waals surface area contributed by atoms with E-state index in [4.69, 9.17) is 5.14 Å². The van der Waals surface area contributed by atoms with Crippen LogP contribution in [-0.4, -0.2) is 25.0 Å². The fraction of sp³-hybridized carbons (Fsp3) is 0.471. The molecule has 2 aliphatic carbocycles. The van der Waals surface area contributed by atoms with Crippen molar-refractivity contribution >= 4 is 21.6 Å². The predicted octanol–water partition coefficient (Wildman–Crippen LogP) is 3.36. The van der Waals surface area contributed by atoms with E-state index in [2.05, 4.69) is 19.8 Å². The molecule has 0 radical (unpaired) electrons.